The Morgan fingerprint density at radius 3 is 1.66 bits per heavy atom. The number of rotatable bonds is 26. The molecule has 2 aliphatic rings. The van der Waals surface area contributed by atoms with E-state index in [1.807, 2.05) is 40.7 Å². The molecule has 360 valence electrons. The molecular formula is C47H76N2O12P2Si. The Kier molecular flexibility index (Phi) is 22.2. The maximum atomic E-state index is 12.7. The van der Waals surface area contributed by atoms with Gasteiger partial charge in [0.15, 0.2) is 0 Å². The van der Waals surface area contributed by atoms with Crippen LogP contribution in [0.15, 0.2) is 23.3 Å². The van der Waals surface area contributed by atoms with Crippen LogP contribution in [0.2, 0.25) is 25.7 Å². The van der Waals surface area contributed by atoms with Gasteiger partial charge in [-0.15, -0.1) is 0 Å². The molecule has 4 rings (SSSR count). The lowest BCUT2D eigenvalue weighted by atomic mass is 9.89. The van der Waals surface area contributed by atoms with Gasteiger partial charge in [0.25, 0.3) is 0 Å². The lowest BCUT2D eigenvalue weighted by Gasteiger charge is -2.22. The molecule has 2 aromatic rings. The number of phenols is 1. The van der Waals surface area contributed by atoms with Gasteiger partial charge in [-0.1, -0.05) is 70.6 Å². The van der Waals surface area contributed by atoms with Gasteiger partial charge in [0.1, 0.15) is 35.8 Å². The first-order valence-corrected chi connectivity index (χ1v) is 30.1. The molecule has 0 saturated heterocycles. The van der Waals surface area contributed by atoms with Gasteiger partial charge < -0.3 is 48.8 Å². The van der Waals surface area contributed by atoms with Crippen molar-refractivity contribution in [3.8, 4) is 11.5 Å². The van der Waals surface area contributed by atoms with Crippen LogP contribution in [-0.2, 0) is 66.5 Å². The summed E-state index contributed by atoms with van der Waals surface area (Å²) in [5, 5.41) is 17.1. The van der Waals surface area contributed by atoms with E-state index in [0.717, 1.165) is 76.2 Å². The number of hydrogen-bond acceptors (Lipinski definition) is 12. The molecule has 0 atom stereocenters. The van der Waals surface area contributed by atoms with E-state index >= 15 is 0 Å². The molecule has 0 aromatic heterocycles. The lowest BCUT2D eigenvalue weighted by Crippen LogP contribution is -2.23. The summed E-state index contributed by atoms with van der Waals surface area (Å²) in [6.07, 6.45) is 8.83. The number of aromatic hydroxyl groups is 1. The van der Waals surface area contributed by atoms with Gasteiger partial charge in [0.05, 0.1) is 32.1 Å². The van der Waals surface area contributed by atoms with Gasteiger partial charge >= 0.3 is 27.1 Å². The molecule has 2 heterocycles. The van der Waals surface area contributed by atoms with Gasteiger partial charge in [-0.2, -0.15) is 0 Å². The van der Waals surface area contributed by atoms with Gasteiger partial charge in [-0.05, 0) is 94.5 Å². The van der Waals surface area contributed by atoms with Crippen molar-refractivity contribution in [1.29, 1.82) is 0 Å². The second kappa shape index (κ2) is 25.7. The fourth-order valence-electron chi connectivity index (χ4n) is 7.96. The van der Waals surface area contributed by atoms with Crippen LogP contribution in [0.1, 0.15) is 120 Å². The van der Waals surface area contributed by atoms with Crippen LogP contribution in [0, 0.1) is 13.8 Å². The first-order chi connectivity index (χ1) is 30.2. The molecule has 2 aliphatic heterocycles. The van der Waals surface area contributed by atoms with Crippen LogP contribution < -0.4 is 15.4 Å². The molecule has 5 N–H and O–H groups in total. The van der Waals surface area contributed by atoms with Crippen LogP contribution in [-0.4, -0.2) is 93.2 Å². The van der Waals surface area contributed by atoms with Crippen LogP contribution >= 0.6 is 15.2 Å². The van der Waals surface area contributed by atoms with Gasteiger partial charge in [-0.25, -0.2) is 9.59 Å². The maximum Gasteiger partial charge on any atom is 0.342 e. The molecule has 0 amide bonds. The summed E-state index contributed by atoms with van der Waals surface area (Å²) in [6, 6.07) is 1.03. The van der Waals surface area contributed by atoms with Crippen molar-refractivity contribution in [2.75, 3.05) is 58.3 Å². The Labute approximate surface area is 383 Å². The Morgan fingerprint density at radius 2 is 1.19 bits per heavy atom. The maximum absolute atomic E-state index is 12.7. The van der Waals surface area contributed by atoms with Crippen molar-refractivity contribution in [2.45, 2.75) is 133 Å². The largest absolute Gasteiger partial charge is 0.507 e. The molecule has 0 bridgehead atoms. The molecule has 0 saturated carbocycles. The highest BCUT2D eigenvalue weighted by Gasteiger charge is 2.33. The van der Waals surface area contributed by atoms with Crippen LogP contribution in [0.3, 0.4) is 0 Å². The van der Waals surface area contributed by atoms with Gasteiger partial charge in [0, 0.05) is 56.5 Å². The average Bonchev–Trinajstić information content (AvgIpc) is 3.82. The zero-order chi connectivity index (χ0) is 47.8. The number of esters is 2. The normalized spacial score (nSPS) is 14.3. The third kappa shape index (κ3) is 15.8. The molecule has 0 radical (unpaired) electrons. The van der Waals surface area contributed by atoms with Crippen LogP contribution in [0.5, 0.6) is 11.5 Å². The summed E-state index contributed by atoms with van der Waals surface area (Å²) in [5.41, 5.74) is 11.2. The minimum absolute atomic E-state index is 0.0103. The molecule has 0 spiro atoms. The number of carbonyl (C=O) groups is 2. The molecule has 2 aromatic carbocycles. The van der Waals surface area contributed by atoms with E-state index in [1.54, 1.807) is 0 Å². The number of benzene rings is 2. The van der Waals surface area contributed by atoms with E-state index in [0.29, 0.717) is 76.4 Å². The second-order valence-electron chi connectivity index (χ2n) is 17.3. The molecule has 64 heavy (non-hydrogen) atoms. The highest BCUT2D eigenvalue weighted by Crippen LogP contribution is 2.47. The summed E-state index contributed by atoms with van der Waals surface area (Å²) in [4.78, 5) is 42.5. The number of cyclic esters (lactones) is 2. The van der Waals surface area contributed by atoms with Crippen molar-refractivity contribution in [3.63, 3.8) is 0 Å². The van der Waals surface area contributed by atoms with Crippen molar-refractivity contribution < 1.29 is 56.9 Å². The van der Waals surface area contributed by atoms with E-state index in [-0.39, 0.29) is 36.6 Å². The molecular weight excluding hydrogens is 875 g/mol. The second-order valence-corrected chi connectivity index (χ2v) is 26.9. The topological polar surface area (TPSA) is 199 Å². The minimum Gasteiger partial charge on any atom is -0.507 e. The predicted octanol–water partition coefficient (Wildman–Crippen LogP) is 9.26. The molecule has 0 aliphatic carbocycles. The monoisotopic (exact) mass is 950 g/mol. The predicted molar refractivity (Wildman–Crippen MR) is 257 cm³/mol. The zero-order valence-electron chi connectivity index (χ0n) is 40.3. The summed E-state index contributed by atoms with van der Waals surface area (Å²) in [6.45, 7) is 26.9. The third-order valence-electron chi connectivity index (χ3n) is 11.7. The zero-order valence-corrected chi connectivity index (χ0v) is 43.1. The van der Waals surface area contributed by atoms with Crippen molar-refractivity contribution in [2.24, 2.45) is 0 Å². The summed E-state index contributed by atoms with van der Waals surface area (Å²) >= 11 is 0. The highest BCUT2D eigenvalue weighted by atomic mass is 31.2. The lowest BCUT2D eigenvalue weighted by molar-refractivity contribution is 0.0523. The van der Waals surface area contributed by atoms with Crippen LogP contribution in [0.25, 0.3) is 0 Å². The fourth-order valence-corrected chi connectivity index (χ4v) is 10.7. The fraction of sp³-hybridized carbons (Fsp3) is 0.617. The van der Waals surface area contributed by atoms with E-state index in [9.17, 15) is 23.8 Å². The van der Waals surface area contributed by atoms with E-state index in [1.165, 1.54) is 11.1 Å². The Hall–Kier alpha value is -3.10. The number of ether oxygens (including phenoxy) is 3. The Morgan fingerprint density at radius 1 is 0.719 bits per heavy atom. The Bertz CT molecular complexity index is 2080. The number of hydrogen-bond donors (Lipinski definition) is 5. The summed E-state index contributed by atoms with van der Waals surface area (Å²) in [5.74, 6) is -0.0314. The molecule has 0 fully saturated rings. The van der Waals surface area contributed by atoms with E-state index in [4.69, 9.17) is 33.0 Å². The number of nitrogens with one attached hydrogen (secondary N) is 2. The van der Waals surface area contributed by atoms with E-state index < -0.39 is 29.2 Å². The molecule has 0 unspecified atom stereocenters. The average molecular weight is 951 g/mol. The van der Waals surface area contributed by atoms with Crippen molar-refractivity contribution in [1.82, 2.24) is 10.6 Å². The van der Waals surface area contributed by atoms with Gasteiger partial charge in [-0.3, -0.25) is 9.13 Å². The minimum atomic E-state index is -3.99. The van der Waals surface area contributed by atoms with Crippen molar-refractivity contribution in [3.05, 3.63) is 78.9 Å². The first-order valence-electron chi connectivity index (χ1n) is 22.9. The quantitative estimate of drug-likeness (QED) is 0.0197. The SMILES string of the molecule is CC/C(=C\Cc1c(O)c2c(c(C)c1CC)COC2=O)CNCCP(=O)(O)O.CCOP(=O)(CCNC/C(=C/Cc1c(CC)c(C)c2c(c1OCC[Si](C)(C)C)C(=O)OC2)CC)OCC. The number of fused-ring (bicyclic) bond motifs is 2. The van der Waals surface area contributed by atoms with E-state index in [2.05, 4.69) is 57.1 Å². The standard InChI is InChI=1S/C28H48NO6PSi.C19H28NO6P/c1-9-22(19-29-15-17-36(31,34-11-3)35-12-4)13-14-24-23(10-2)21(5)25-20-33-28(30)26(25)27(24)32-16-18-37(6,7)8;1-4-13(10-20-8-9-27(23,24)25)6-7-15-14(5-2)12(3)16-11-26-19(22)17(16)18(15)21/h13,29H,9-12,14-20H2,1-8H3;6,20-21H,4-5,7-11H2,1-3H3,(H2,23,24,25)/b22-13+;13-6+. The summed E-state index contributed by atoms with van der Waals surface area (Å²) in [7, 11) is -8.33. The third-order valence-corrected chi connectivity index (χ3v) is 16.3. The molecule has 14 nitrogen and oxygen atoms in total. The number of phenolic OH excluding ortho intramolecular Hbond substituents is 1. The summed E-state index contributed by atoms with van der Waals surface area (Å²) < 4.78 is 51.3. The van der Waals surface area contributed by atoms with Crippen molar-refractivity contribution >= 4 is 35.2 Å². The Balaban J connectivity index is 0.000000357. The smallest absolute Gasteiger partial charge is 0.342 e. The first kappa shape index (κ1) is 55.2. The number of carbonyl (C=O) groups excluding carboxylic acids is 2. The van der Waals surface area contributed by atoms with Crippen LogP contribution in [0.4, 0.5) is 0 Å². The molecule has 17 heteroatoms. The highest BCUT2D eigenvalue weighted by molar-refractivity contribution is 7.53. The number of allylic oxidation sites excluding steroid dienone is 2. The van der Waals surface area contributed by atoms with Gasteiger partial charge in [0.2, 0.25) is 0 Å².